The molecule has 3 atom stereocenters. The number of rotatable bonds is 1. The Hall–Kier alpha value is -1.07. The number of hydrogen-bond acceptors (Lipinski definition) is 3. The summed E-state index contributed by atoms with van der Waals surface area (Å²) >= 11 is 0. The van der Waals surface area contributed by atoms with E-state index in [1.54, 1.807) is 0 Å². The van der Waals surface area contributed by atoms with Gasteiger partial charge in [0.25, 0.3) is 0 Å². The number of nitrogens with zero attached hydrogens (tertiary/aromatic N) is 1. The van der Waals surface area contributed by atoms with E-state index in [0.717, 1.165) is 38.5 Å². The van der Waals surface area contributed by atoms with E-state index in [0.29, 0.717) is 24.2 Å². The van der Waals surface area contributed by atoms with Crippen molar-refractivity contribution in [1.82, 2.24) is 0 Å². The first-order valence-electron chi connectivity index (χ1n) is 8.27. The van der Waals surface area contributed by atoms with Crippen molar-refractivity contribution in [2.75, 3.05) is 0 Å². The molecule has 2 aliphatic carbocycles. The summed E-state index contributed by atoms with van der Waals surface area (Å²) in [4.78, 5) is 0. The molecule has 1 aliphatic heterocycles. The lowest BCUT2D eigenvalue weighted by Gasteiger charge is -2.50. The van der Waals surface area contributed by atoms with Crippen molar-refractivity contribution in [1.29, 1.82) is 0 Å². The second-order valence-corrected chi connectivity index (χ2v) is 9.13. The lowest BCUT2D eigenvalue weighted by atomic mass is 9.63. The number of halogens is 1. The van der Waals surface area contributed by atoms with Gasteiger partial charge in [-0.25, -0.2) is 0 Å². The first-order chi connectivity index (χ1) is 11.0. The predicted molar refractivity (Wildman–Crippen MR) is 90.1 cm³/mol. The van der Waals surface area contributed by atoms with Gasteiger partial charge in [0.05, 0.1) is 0 Å². The summed E-state index contributed by atoms with van der Waals surface area (Å²) in [5, 5.41) is 0. The summed E-state index contributed by atoms with van der Waals surface area (Å²) < 4.78 is 32.6. The van der Waals surface area contributed by atoms with E-state index in [1.807, 2.05) is 0 Å². The molecule has 0 spiro atoms. The SMILES string of the molecule is O=S(=O)(Cl)N=C1C[C@H]2CCCC[C@@]3(CCc4ccccc4[C@@H]23)O1. The molecule has 2 fully saturated rings. The zero-order valence-electron chi connectivity index (χ0n) is 12.9. The summed E-state index contributed by atoms with van der Waals surface area (Å²) in [6.45, 7) is 0. The Bertz CT molecular complexity index is 761. The van der Waals surface area contributed by atoms with E-state index in [4.69, 9.17) is 15.4 Å². The van der Waals surface area contributed by atoms with Crippen LogP contribution in [-0.2, 0) is 20.4 Å². The fraction of sp³-hybridized carbons (Fsp3) is 0.588. The topological polar surface area (TPSA) is 55.7 Å². The van der Waals surface area contributed by atoms with E-state index in [2.05, 4.69) is 28.7 Å². The maximum Gasteiger partial charge on any atom is 0.342 e. The Morgan fingerprint density at radius 1 is 1.22 bits per heavy atom. The second-order valence-electron chi connectivity index (χ2n) is 6.95. The summed E-state index contributed by atoms with van der Waals surface area (Å²) in [5.41, 5.74) is 2.49. The Balaban J connectivity index is 1.81. The van der Waals surface area contributed by atoms with E-state index in [1.165, 1.54) is 11.1 Å². The van der Waals surface area contributed by atoms with Crippen molar-refractivity contribution < 1.29 is 13.2 Å². The minimum atomic E-state index is -3.93. The first kappa shape index (κ1) is 15.5. The number of fused-ring (bicyclic) bond motifs is 1. The Kier molecular flexibility index (Phi) is 3.69. The molecular weight excluding hydrogens is 334 g/mol. The smallest absolute Gasteiger partial charge is 0.342 e. The lowest BCUT2D eigenvalue weighted by Crippen LogP contribution is -2.50. The third-order valence-corrected chi connectivity index (χ3v) is 6.27. The minimum absolute atomic E-state index is 0.308. The molecule has 1 aromatic rings. The van der Waals surface area contributed by atoms with Crippen molar-refractivity contribution in [3.05, 3.63) is 35.4 Å². The third-order valence-electron chi connectivity index (χ3n) is 5.64. The van der Waals surface area contributed by atoms with Crippen LogP contribution in [0.1, 0.15) is 55.6 Å². The van der Waals surface area contributed by atoms with Crippen LogP contribution in [0.15, 0.2) is 28.7 Å². The second kappa shape index (κ2) is 5.49. The molecule has 3 aliphatic rings. The van der Waals surface area contributed by atoms with Crippen LogP contribution in [0.3, 0.4) is 0 Å². The van der Waals surface area contributed by atoms with E-state index in [9.17, 15) is 8.42 Å². The highest BCUT2D eigenvalue weighted by molar-refractivity contribution is 8.12. The quantitative estimate of drug-likeness (QED) is 0.718. The van der Waals surface area contributed by atoms with Gasteiger partial charge < -0.3 is 4.74 Å². The number of ether oxygens (including phenoxy) is 1. The summed E-state index contributed by atoms with van der Waals surface area (Å²) in [6, 6.07) is 8.62. The van der Waals surface area contributed by atoms with E-state index in [-0.39, 0.29) is 5.60 Å². The van der Waals surface area contributed by atoms with Gasteiger partial charge in [-0.3, -0.25) is 0 Å². The van der Waals surface area contributed by atoms with Crippen molar-refractivity contribution in [3.8, 4) is 0 Å². The Labute approximate surface area is 141 Å². The number of aryl methyl sites for hydroxylation is 1. The maximum absolute atomic E-state index is 11.4. The monoisotopic (exact) mass is 353 g/mol. The lowest BCUT2D eigenvalue weighted by molar-refractivity contribution is -0.0321. The normalized spacial score (nSPS) is 34.9. The zero-order chi connectivity index (χ0) is 16.1. The van der Waals surface area contributed by atoms with Crippen molar-refractivity contribution in [3.63, 3.8) is 0 Å². The molecule has 0 amide bonds. The van der Waals surface area contributed by atoms with Gasteiger partial charge in [0, 0.05) is 23.0 Å². The highest BCUT2D eigenvalue weighted by Crippen LogP contribution is 2.55. The van der Waals surface area contributed by atoms with Gasteiger partial charge in [-0.05, 0) is 49.1 Å². The van der Waals surface area contributed by atoms with Gasteiger partial charge in [-0.2, -0.15) is 8.42 Å². The van der Waals surface area contributed by atoms with Gasteiger partial charge in [0.1, 0.15) is 5.60 Å². The molecule has 6 heteroatoms. The molecule has 0 N–H and O–H groups in total. The maximum atomic E-state index is 11.4. The summed E-state index contributed by atoms with van der Waals surface area (Å²) in [6.07, 6.45) is 6.79. The Morgan fingerprint density at radius 2 is 2.04 bits per heavy atom. The van der Waals surface area contributed by atoms with E-state index < -0.39 is 9.24 Å². The summed E-state index contributed by atoms with van der Waals surface area (Å²) in [7, 11) is 1.39. The predicted octanol–water partition coefficient (Wildman–Crippen LogP) is 3.95. The minimum Gasteiger partial charge on any atom is -0.473 e. The van der Waals surface area contributed by atoms with Gasteiger partial charge in [-0.1, -0.05) is 30.7 Å². The van der Waals surface area contributed by atoms with Crippen molar-refractivity contribution in [2.24, 2.45) is 10.3 Å². The molecule has 0 unspecified atom stereocenters. The molecule has 0 aromatic heterocycles. The van der Waals surface area contributed by atoms with Gasteiger partial charge in [-0.15, -0.1) is 4.40 Å². The molecule has 4 rings (SSSR count). The van der Waals surface area contributed by atoms with Crippen molar-refractivity contribution >= 4 is 25.8 Å². The third kappa shape index (κ3) is 2.78. The van der Waals surface area contributed by atoms with Crippen LogP contribution in [0.5, 0.6) is 0 Å². The molecule has 1 saturated carbocycles. The largest absolute Gasteiger partial charge is 0.473 e. The van der Waals surface area contributed by atoms with Crippen LogP contribution in [0, 0.1) is 5.92 Å². The molecule has 2 bridgehead atoms. The molecule has 124 valence electrons. The molecule has 1 saturated heterocycles. The average Bonchev–Trinajstić information content (AvgIpc) is 2.61. The highest BCUT2D eigenvalue weighted by atomic mass is 35.7. The molecular formula is C17H20ClNO3S. The fourth-order valence-electron chi connectivity index (χ4n) is 4.88. The van der Waals surface area contributed by atoms with Crippen LogP contribution in [0.2, 0.25) is 0 Å². The zero-order valence-corrected chi connectivity index (χ0v) is 14.4. The van der Waals surface area contributed by atoms with Crippen molar-refractivity contribution in [2.45, 2.75) is 56.5 Å². The Morgan fingerprint density at radius 3 is 2.87 bits per heavy atom. The molecule has 1 heterocycles. The van der Waals surface area contributed by atoms with Crippen LogP contribution >= 0.6 is 10.7 Å². The standard InChI is InChI=1S/C17H20ClNO3S/c18-23(20,21)19-15-11-13-6-3-4-9-17(22-15)10-8-12-5-1-2-7-14(12)16(13)17/h1-2,5,7,13,16H,3-4,6,8-11H2/t13-,16-,17+/m1/s1. The molecule has 4 nitrogen and oxygen atoms in total. The number of benzene rings is 1. The van der Waals surface area contributed by atoms with Gasteiger partial charge >= 0.3 is 9.24 Å². The molecule has 0 radical (unpaired) electrons. The van der Waals surface area contributed by atoms with Gasteiger partial charge in [0.2, 0.25) is 5.90 Å². The van der Waals surface area contributed by atoms with Gasteiger partial charge in [0.15, 0.2) is 0 Å². The van der Waals surface area contributed by atoms with Crippen LogP contribution in [0.4, 0.5) is 0 Å². The van der Waals surface area contributed by atoms with Crippen LogP contribution in [0.25, 0.3) is 0 Å². The first-order valence-corrected chi connectivity index (χ1v) is 10.5. The van der Waals surface area contributed by atoms with E-state index >= 15 is 0 Å². The molecule has 23 heavy (non-hydrogen) atoms. The fourth-order valence-corrected chi connectivity index (χ4v) is 5.46. The van der Waals surface area contributed by atoms with Crippen LogP contribution in [-0.4, -0.2) is 19.9 Å². The summed E-state index contributed by atoms with van der Waals surface area (Å²) in [5.74, 6) is 1.03. The highest BCUT2D eigenvalue weighted by Gasteiger charge is 2.53. The average molecular weight is 354 g/mol. The van der Waals surface area contributed by atoms with Crippen LogP contribution < -0.4 is 0 Å². The molecule has 1 aromatic carbocycles. The number of hydrogen-bond donors (Lipinski definition) is 0.